The van der Waals surface area contributed by atoms with Crippen LogP contribution in [0, 0.1) is 10.1 Å². The van der Waals surface area contributed by atoms with Crippen LogP contribution in [0.2, 0.25) is 0 Å². The molecule has 0 atom stereocenters. The van der Waals surface area contributed by atoms with E-state index in [0.717, 1.165) is 12.1 Å². The fraction of sp³-hybridized carbons (Fsp3) is 0.100. The van der Waals surface area contributed by atoms with E-state index in [1.165, 1.54) is 18.2 Å². The highest BCUT2D eigenvalue weighted by molar-refractivity contribution is 7.90. The molecule has 0 heterocycles. The average molecular weight is 286 g/mol. The van der Waals surface area contributed by atoms with Gasteiger partial charge in [0.15, 0.2) is 4.90 Å². The van der Waals surface area contributed by atoms with Crippen LogP contribution in [0.1, 0.15) is 0 Å². The number of sulfonamides is 1. The largest absolute Gasteiger partial charge is 0.445 e. The van der Waals surface area contributed by atoms with Crippen molar-refractivity contribution in [3.8, 4) is 0 Å². The second kappa shape index (κ2) is 5.96. The number of benzene rings is 1. The summed E-state index contributed by atoms with van der Waals surface area (Å²) in [4.78, 5) is 20.4. The molecule has 1 rings (SSSR count). The third-order valence-corrected chi connectivity index (χ3v) is 3.26. The molecule has 1 aromatic rings. The number of carbonyl (C=O) groups excluding carboxylic acids is 1. The fourth-order valence-electron chi connectivity index (χ4n) is 1.16. The summed E-state index contributed by atoms with van der Waals surface area (Å²) in [6, 6.07) is 4.65. The molecule has 9 heteroatoms. The first kappa shape index (κ1) is 14.6. The first-order chi connectivity index (χ1) is 8.88. The minimum absolute atomic E-state index is 0.182. The van der Waals surface area contributed by atoms with Gasteiger partial charge in [0, 0.05) is 6.07 Å². The van der Waals surface area contributed by atoms with Crippen LogP contribution in [0.25, 0.3) is 0 Å². The second-order valence-electron chi connectivity index (χ2n) is 3.22. The first-order valence-electron chi connectivity index (χ1n) is 4.92. The Morgan fingerprint density at radius 1 is 1.47 bits per heavy atom. The Morgan fingerprint density at radius 2 is 2.11 bits per heavy atom. The third-order valence-electron chi connectivity index (χ3n) is 1.90. The molecule has 1 N–H and O–H groups in total. The quantitative estimate of drug-likeness (QED) is 0.494. The van der Waals surface area contributed by atoms with Crippen molar-refractivity contribution in [1.82, 2.24) is 4.72 Å². The van der Waals surface area contributed by atoms with Crippen LogP contribution in [0.15, 0.2) is 41.8 Å². The van der Waals surface area contributed by atoms with Gasteiger partial charge in [-0.3, -0.25) is 10.1 Å². The Hall–Kier alpha value is -2.42. The summed E-state index contributed by atoms with van der Waals surface area (Å²) >= 11 is 0. The van der Waals surface area contributed by atoms with Crippen molar-refractivity contribution in [2.75, 3.05) is 6.61 Å². The minimum Gasteiger partial charge on any atom is -0.445 e. The van der Waals surface area contributed by atoms with Gasteiger partial charge in [0.2, 0.25) is 0 Å². The van der Waals surface area contributed by atoms with Crippen molar-refractivity contribution in [2.24, 2.45) is 0 Å². The van der Waals surface area contributed by atoms with Gasteiger partial charge in [0.05, 0.1) is 4.92 Å². The molecule has 0 aliphatic rings. The molecule has 0 aliphatic carbocycles. The Labute approximate surface area is 108 Å². The molecule has 1 aromatic carbocycles. The van der Waals surface area contributed by atoms with Crippen molar-refractivity contribution in [1.29, 1.82) is 0 Å². The van der Waals surface area contributed by atoms with Gasteiger partial charge in [0.1, 0.15) is 6.61 Å². The number of nitrogens with one attached hydrogen (secondary N) is 1. The van der Waals surface area contributed by atoms with Crippen molar-refractivity contribution in [3.63, 3.8) is 0 Å². The number of carbonyl (C=O) groups is 1. The molecule has 0 spiro atoms. The van der Waals surface area contributed by atoms with Gasteiger partial charge < -0.3 is 4.74 Å². The lowest BCUT2D eigenvalue weighted by Crippen LogP contribution is -2.31. The fourth-order valence-corrected chi connectivity index (χ4v) is 2.23. The van der Waals surface area contributed by atoms with E-state index in [4.69, 9.17) is 0 Å². The summed E-state index contributed by atoms with van der Waals surface area (Å²) in [5.41, 5.74) is -0.633. The summed E-state index contributed by atoms with van der Waals surface area (Å²) in [6.07, 6.45) is 0.00927. The Balaban J connectivity index is 3.04. The summed E-state index contributed by atoms with van der Waals surface area (Å²) < 4.78 is 29.6. The normalized spacial score (nSPS) is 10.5. The maximum atomic E-state index is 11.8. The van der Waals surface area contributed by atoms with Gasteiger partial charge in [-0.15, -0.1) is 0 Å². The van der Waals surface area contributed by atoms with E-state index in [1.54, 1.807) is 4.72 Å². The lowest BCUT2D eigenvalue weighted by atomic mass is 10.3. The van der Waals surface area contributed by atoms with Crippen molar-refractivity contribution >= 4 is 21.8 Å². The van der Waals surface area contributed by atoms with Gasteiger partial charge in [-0.1, -0.05) is 24.8 Å². The zero-order valence-electron chi connectivity index (χ0n) is 9.61. The van der Waals surface area contributed by atoms with E-state index >= 15 is 0 Å². The predicted octanol–water partition coefficient (Wildman–Crippen LogP) is 1.20. The second-order valence-corrected chi connectivity index (χ2v) is 4.87. The maximum Gasteiger partial charge on any atom is 0.421 e. The van der Waals surface area contributed by atoms with Gasteiger partial charge in [-0.2, -0.15) is 0 Å². The standard InChI is InChI=1S/C10H10N2O6S/c1-2-7-18-10(13)11-19(16,17)9-6-4-3-5-8(9)12(14)15/h2-6H,1,7H2,(H,11,13). The number of rotatable bonds is 5. The van der Waals surface area contributed by atoms with Crippen LogP contribution < -0.4 is 4.72 Å². The molecule has 1 amide bonds. The van der Waals surface area contributed by atoms with Gasteiger partial charge in [-0.25, -0.2) is 17.9 Å². The van der Waals surface area contributed by atoms with Crippen LogP contribution in [-0.2, 0) is 14.8 Å². The average Bonchev–Trinajstić information content (AvgIpc) is 2.35. The molecular formula is C10H10N2O6S. The Morgan fingerprint density at radius 3 is 2.68 bits per heavy atom. The highest BCUT2D eigenvalue weighted by Crippen LogP contribution is 2.22. The van der Waals surface area contributed by atoms with Crippen molar-refractivity contribution < 1.29 is 22.9 Å². The van der Waals surface area contributed by atoms with Gasteiger partial charge >= 0.3 is 6.09 Å². The molecule has 0 saturated carbocycles. The summed E-state index contributed by atoms with van der Waals surface area (Å²) in [7, 11) is -4.37. The summed E-state index contributed by atoms with van der Waals surface area (Å²) in [5.74, 6) is 0. The van der Waals surface area contributed by atoms with Crippen molar-refractivity contribution in [3.05, 3.63) is 47.0 Å². The number of nitrogens with zero attached hydrogens (tertiary/aromatic N) is 1. The van der Waals surface area contributed by atoms with Crippen molar-refractivity contribution in [2.45, 2.75) is 4.90 Å². The number of amides is 1. The smallest absolute Gasteiger partial charge is 0.421 e. The van der Waals surface area contributed by atoms with Crippen LogP contribution in [-0.4, -0.2) is 26.0 Å². The molecule has 0 fully saturated rings. The van der Waals surface area contributed by atoms with E-state index < -0.39 is 31.6 Å². The molecular weight excluding hydrogens is 276 g/mol. The van der Waals surface area contributed by atoms with E-state index in [-0.39, 0.29) is 6.61 Å². The molecule has 8 nitrogen and oxygen atoms in total. The molecule has 19 heavy (non-hydrogen) atoms. The Kier molecular flexibility index (Phi) is 4.59. The zero-order valence-corrected chi connectivity index (χ0v) is 10.4. The van der Waals surface area contributed by atoms with Gasteiger partial charge in [0.25, 0.3) is 15.7 Å². The van der Waals surface area contributed by atoms with E-state index in [1.807, 2.05) is 0 Å². The molecule has 0 aliphatic heterocycles. The van der Waals surface area contributed by atoms with Gasteiger partial charge in [-0.05, 0) is 6.07 Å². The minimum atomic E-state index is -4.37. The third kappa shape index (κ3) is 3.78. The number of ether oxygens (including phenoxy) is 1. The SMILES string of the molecule is C=CCOC(=O)NS(=O)(=O)c1ccccc1[N+](=O)[O-]. The molecule has 0 radical (unpaired) electrons. The van der Waals surface area contributed by atoms with E-state index in [9.17, 15) is 23.3 Å². The predicted molar refractivity (Wildman–Crippen MR) is 65.0 cm³/mol. The van der Waals surface area contributed by atoms with Crippen LogP contribution >= 0.6 is 0 Å². The first-order valence-corrected chi connectivity index (χ1v) is 6.40. The van der Waals surface area contributed by atoms with E-state index in [0.29, 0.717) is 0 Å². The lowest BCUT2D eigenvalue weighted by Gasteiger charge is -2.06. The molecule has 0 unspecified atom stereocenters. The highest BCUT2D eigenvalue weighted by atomic mass is 32.2. The monoisotopic (exact) mass is 286 g/mol. The molecule has 102 valence electrons. The number of para-hydroxylation sites is 1. The molecule has 0 bridgehead atoms. The number of hydrogen-bond donors (Lipinski definition) is 1. The number of nitro groups is 1. The van der Waals surface area contributed by atoms with Crippen LogP contribution in [0.3, 0.4) is 0 Å². The highest BCUT2D eigenvalue weighted by Gasteiger charge is 2.27. The molecule has 0 saturated heterocycles. The maximum absolute atomic E-state index is 11.8. The Bertz CT molecular complexity index is 610. The van der Waals surface area contributed by atoms with Crippen LogP contribution in [0.4, 0.5) is 10.5 Å². The number of hydrogen-bond acceptors (Lipinski definition) is 6. The topological polar surface area (TPSA) is 116 Å². The van der Waals surface area contributed by atoms with E-state index in [2.05, 4.69) is 11.3 Å². The lowest BCUT2D eigenvalue weighted by molar-refractivity contribution is -0.387. The zero-order chi connectivity index (χ0) is 14.5. The molecule has 0 aromatic heterocycles. The summed E-state index contributed by atoms with van der Waals surface area (Å²) in [5, 5.41) is 10.7. The summed E-state index contributed by atoms with van der Waals surface area (Å²) in [6.45, 7) is 3.10. The van der Waals surface area contributed by atoms with Crippen LogP contribution in [0.5, 0.6) is 0 Å². The number of nitro benzene ring substituents is 1.